The van der Waals surface area contributed by atoms with E-state index in [1.54, 1.807) is 23.1 Å². The minimum absolute atomic E-state index is 0.0844. The van der Waals surface area contributed by atoms with Crippen molar-refractivity contribution in [1.29, 1.82) is 0 Å². The van der Waals surface area contributed by atoms with Gasteiger partial charge in [-0.05, 0) is 54.8 Å². The lowest BCUT2D eigenvalue weighted by molar-refractivity contribution is -0.133. The average Bonchev–Trinajstić information content (AvgIpc) is 3.15. The van der Waals surface area contributed by atoms with Gasteiger partial charge in [-0.25, -0.2) is 4.39 Å². The number of nitrogens with zero attached hydrogens (tertiary/aromatic N) is 3. The first kappa shape index (κ1) is 24.0. The van der Waals surface area contributed by atoms with E-state index in [1.165, 1.54) is 12.1 Å². The van der Waals surface area contributed by atoms with E-state index >= 15 is 0 Å². The zero-order valence-electron chi connectivity index (χ0n) is 19.7. The Labute approximate surface area is 204 Å². The number of hydrogen-bond donors (Lipinski definition) is 0. The zero-order valence-corrected chi connectivity index (χ0v) is 20.5. The van der Waals surface area contributed by atoms with Crippen LogP contribution in [0.3, 0.4) is 0 Å². The molecule has 1 saturated heterocycles. The summed E-state index contributed by atoms with van der Waals surface area (Å²) in [5, 5.41) is 0.616. The van der Waals surface area contributed by atoms with E-state index in [2.05, 4.69) is 0 Å². The predicted octanol–water partition coefficient (Wildman–Crippen LogP) is 5.58. The summed E-state index contributed by atoms with van der Waals surface area (Å²) in [6, 6.07) is 15.6. The summed E-state index contributed by atoms with van der Waals surface area (Å²) < 4.78 is 16.0. The van der Waals surface area contributed by atoms with Crippen molar-refractivity contribution in [1.82, 2.24) is 14.4 Å². The second-order valence-electron chi connectivity index (χ2n) is 9.12. The number of aromatic nitrogens is 1. The van der Waals surface area contributed by atoms with Crippen molar-refractivity contribution in [3.8, 4) is 16.9 Å². The summed E-state index contributed by atoms with van der Waals surface area (Å²) in [5.41, 5.74) is 3.61. The molecule has 2 aromatic carbocycles. The lowest BCUT2D eigenvalue weighted by Crippen LogP contribution is -2.50. The van der Waals surface area contributed by atoms with Gasteiger partial charge in [-0.3, -0.25) is 9.59 Å². The molecule has 4 rings (SSSR count). The van der Waals surface area contributed by atoms with Crippen LogP contribution in [0.5, 0.6) is 0 Å². The molecule has 34 heavy (non-hydrogen) atoms. The number of halogens is 2. The first-order chi connectivity index (χ1) is 16.2. The van der Waals surface area contributed by atoms with Crippen molar-refractivity contribution >= 4 is 23.4 Å². The highest BCUT2D eigenvalue weighted by atomic mass is 35.5. The highest BCUT2D eigenvalue weighted by molar-refractivity contribution is 6.30. The lowest BCUT2D eigenvalue weighted by atomic mass is 10.1. The van der Waals surface area contributed by atoms with Gasteiger partial charge in [0.15, 0.2) is 0 Å². The monoisotopic (exact) mass is 481 g/mol. The number of piperazine rings is 1. The third-order valence-corrected chi connectivity index (χ3v) is 6.44. The van der Waals surface area contributed by atoms with E-state index in [4.69, 9.17) is 11.6 Å². The fourth-order valence-electron chi connectivity index (χ4n) is 4.41. The minimum atomic E-state index is -0.345. The van der Waals surface area contributed by atoms with Gasteiger partial charge in [0.2, 0.25) is 5.91 Å². The molecule has 3 aromatic rings. The fraction of sp³-hybridized carbons (Fsp3) is 0.333. The Hall–Kier alpha value is -3.12. The Kier molecular flexibility index (Phi) is 7.08. The van der Waals surface area contributed by atoms with Crippen LogP contribution in [-0.2, 0) is 4.79 Å². The Morgan fingerprint density at radius 1 is 0.971 bits per heavy atom. The SMILES string of the molecule is Cc1c(C(=O)N2CCN(C(=O)CC(C)C)CC2)cc(-c2ccc(Cl)cc2)n1-c1cccc(F)c1. The summed E-state index contributed by atoms with van der Waals surface area (Å²) in [4.78, 5) is 29.6. The van der Waals surface area contributed by atoms with E-state index in [-0.39, 0.29) is 17.6 Å². The second-order valence-corrected chi connectivity index (χ2v) is 9.56. The van der Waals surface area contributed by atoms with Gasteiger partial charge in [-0.2, -0.15) is 0 Å². The normalized spacial score (nSPS) is 14.1. The maximum atomic E-state index is 14.1. The van der Waals surface area contributed by atoms with Crippen molar-refractivity contribution in [3.05, 3.63) is 76.7 Å². The van der Waals surface area contributed by atoms with Crippen LogP contribution in [-0.4, -0.2) is 52.4 Å². The minimum Gasteiger partial charge on any atom is -0.339 e. The molecule has 178 valence electrons. The number of benzene rings is 2. The topological polar surface area (TPSA) is 45.6 Å². The first-order valence-electron chi connectivity index (χ1n) is 11.6. The largest absolute Gasteiger partial charge is 0.339 e. The number of hydrogen-bond acceptors (Lipinski definition) is 2. The van der Waals surface area contributed by atoms with Gasteiger partial charge in [-0.15, -0.1) is 0 Å². The molecule has 0 bridgehead atoms. The van der Waals surface area contributed by atoms with Crippen LogP contribution in [0.15, 0.2) is 54.6 Å². The second kappa shape index (κ2) is 10.0. The van der Waals surface area contributed by atoms with Gasteiger partial charge in [-0.1, -0.05) is 43.6 Å². The quantitative estimate of drug-likeness (QED) is 0.478. The average molecular weight is 482 g/mol. The van der Waals surface area contributed by atoms with E-state index in [0.717, 1.165) is 17.0 Å². The van der Waals surface area contributed by atoms with Crippen LogP contribution in [0.4, 0.5) is 4.39 Å². The van der Waals surface area contributed by atoms with Crippen LogP contribution in [0.2, 0.25) is 5.02 Å². The third kappa shape index (κ3) is 5.02. The highest BCUT2D eigenvalue weighted by Gasteiger charge is 2.28. The molecular weight excluding hydrogens is 453 g/mol. The molecule has 1 aromatic heterocycles. The Morgan fingerprint density at radius 2 is 1.62 bits per heavy atom. The molecule has 0 aliphatic carbocycles. The van der Waals surface area contributed by atoms with Crippen LogP contribution in [0, 0.1) is 18.7 Å². The number of amides is 2. The molecule has 2 heterocycles. The lowest BCUT2D eigenvalue weighted by Gasteiger charge is -2.35. The Morgan fingerprint density at radius 3 is 2.24 bits per heavy atom. The van der Waals surface area contributed by atoms with Gasteiger partial charge in [0.1, 0.15) is 5.82 Å². The van der Waals surface area contributed by atoms with Crippen LogP contribution in [0.1, 0.15) is 36.3 Å². The standard InChI is InChI=1S/C27H29ClFN3O2/c1-18(2)15-26(33)30-11-13-31(14-12-30)27(34)24-17-25(20-7-9-21(28)10-8-20)32(19(24)3)23-6-4-5-22(29)16-23/h4-10,16-18H,11-15H2,1-3H3. The number of carbonyl (C=O) groups is 2. The summed E-state index contributed by atoms with van der Waals surface area (Å²) >= 11 is 6.08. The molecule has 1 aliphatic heterocycles. The van der Waals surface area contributed by atoms with Crippen LogP contribution < -0.4 is 0 Å². The third-order valence-electron chi connectivity index (χ3n) is 6.19. The van der Waals surface area contributed by atoms with Gasteiger partial charge in [0.05, 0.1) is 11.3 Å². The predicted molar refractivity (Wildman–Crippen MR) is 133 cm³/mol. The molecule has 0 spiro atoms. The van der Waals surface area contributed by atoms with Crippen molar-refractivity contribution in [2.75, 3.05) is 26.2 Å². The van der Waals surface area contributed by atoms with Gasteiger partial charge in [0, 0.05) is 49.0 Å². The maximum Gasteiger partial charge on any atom is 0.255 e. The van der Waals surface area contributed by atoms with Gasteiger partial charge >= 0.3 is 0 Å². The molecule has 0 atom stereocenters. The molecule has 0 saturated carbocycles. The molecule has 7 heteroatoms. The van der Waals surface area contributed by atoms with Crippen molar-refractivity contribution in [2.24, 2.45) is 5.92 Å². The van der Waals surface area contributed by atoms with Gasteiger partial charge < -0.3 is 14.4 Å². The van der Waals surface area contributed by atoms with Crippen molar-refractivity contribution < 1.29 is 14.0 Å². The summed E-state index contributed by atoms with van der Waals surface area (Å²) in [7, 11) is 0. The smallest absolute Gasteiger partial charge is 0.255 e. The van der Waals surface area contributed by atoms with E-state index < -0.39 is 0 Å². The Balaban J connectivity index is 1.65. The van der Waals surface area contributed by atoms with Crippen LogP contribution in [0.25, 0.3) is 16.9 Å². The summed E-state index contributed by atoms with van der Waals surface area (Å²) in [5.74, 6) is 0.0193. The Bertz CT molecular complexity index is 1200. The summed E-state index contributed by atoms with van der Waals surface area (Å²) in [6.07, 6.45) is 0.522. The first-order valence-corrected chi connectivity index (χ1v) is 11.9. The fourth-order valence-corrected chi connectivity index (χ4v) is 4.54. The molecule has 0 N–H and O–H groups in total. The molecule has 1 fully saturated rings. The van der Waals surface area contributed by atoms with E-state index in [0.29, 0.717) is 54.8 Å². The highest BCUT2D eigenvalue weighted by Crippen LogP contribution is 2.31. The molecular formula is C27H29ClFN3O2. The molecule has 0 unspecified atom stereocenters. The van der Waals surface area contributed by atoms with E-state index in [1.807, 2.05) is 54.5 Å². The van der Waals surface area contributed by atoms with Crippen molar-refractivity contribution in [2.45, 2.75) is 27.2 Å². The van der Waals surface area contributed by atoms with Crippen LogP contribution >= 0.6 is 11.6 Å². The van der Waals surface area contributed by atoms with Gasteiger partial charge in [0.25, 0.3) is 5.91 Å². The molecule has 0 radical (unpaired) electrons. The van der Waals surface area contributed by atoms with E-state index in [9.17, 15) is 14.0 Å². The van der Waals surface area contributed by atoms with Crippen molar-refractivity contribution in [3.63, 3.8) is 0 Å². The number of rotatable bonds is 5. The molecule has 1 aliphatic rings. The summed E-state index contributed by atoms with van der Waals surface area (Å²) in [6.45, 7) is 7.98. The maximum absolute atomic E-state index is 14.1. The molecule has 5 nitrogen and oxygen atoms in total. The molecule has 2 amide bonds. The zero-order chi connectivity index (χ0) is 24.4. The number of carbonyl (C=O) groups excluding carboxylic acids is 2.